The Labute approximate surface area is 37.8 Å². The SMILES string of the molecule is Fc1[c]oc(F)n1. The van der Waals surface area contributed by atoms with Crippen molar-refractivity contribution in [3.05, 3.63) is 18.4 Å². The number of aromatic nitrogens is 1. The van der Waals surface area contributed by atoms with Gasteiger partial charge < -0.3 is 4.42 Å². The molecule has 0 saturated heterocycles. The van der Waals surface area contributed by atoms with Gasteiger partial charge in [0.25, 0.3) is 5.95 Å². The molecule has 0 aliphatic rings. The van der Waals surface area contributed by atoms with Crippen LogP contribution >= 0.6 is 0 Å². The van der Waals surface area contributed by atoms with Crippen LogP contribution in [0.3, 0.4) is 0 Å². The van der Waals surface area contributed by atoms with Crippen LogP contribution in [0.15, 0.2) is 4.42 Å². The quantitative estimate of drug-likeness (QED) is 0.485. The largest absolute Gasteiger partial charge is 0.408 e. The van der Waals surface area contributed by atoms with Crippen LogP contribution in [0.5, 0.6) is 0 Å². The van der Waals surface area contributed by atoms with Crippen molar-refractivity contribution in [2.45, 2.75) is 0 Å². The second-order valence-electron chi connectivity index (χ2n) is 0.860. The van der Waals surface area contributed by atoms with Gasteiger partial charge in [-0.05, 0) is 0 Å². The van der Waals surface area contributed by atoms with Gasteiger partial charge in [0.2, 0.25) is 6.26 Å². The Hall–Kier alpha value is -0.930. The molecular weight excluding hydrogens is 104 g/mol. The number of rotatable bonds is 0. The third kappa shape index (κ3) is 0.734. The van der Waals surface area contributed by atoms with Gasteiger partial charge in [-0.2, -0.15) is 9.37 Å². The van der Waals surface area contributed by atoms with Gasteiger partial charge in [0, 0.05) is 0 Å². The molecule has 0 saturated carbocycles. The first-order valence-corrected chi connectivity index (χ1v) is 1.48. The fourth-order valence-corrected chi connectivity index (χ4v) is 0.207. The molecule has 0 unspecified atom stereocenters. The summed E-state index contributed by atoms with van der Waals surface area (Å²) in [6.07, 6.45) is 0.344. The van der Waals surface area contributed by atoms with Crippen LogP contribution in [0.2, 0.25) is 0 Å². The maximum absolute atomic E-state index is 11.4. The summed E-state index contributed by atoms with van der Waals surface area (Å²) in [6, 6.07) is 0. The third-order valence-corrected chi connectivity index (χ3v) is 0.406. The third-order valence-electron chi connectivity index (χ3n) is 0.406. The zero-order chi connectivity index (χ0) is 5.28. The fourth-order valence-electron chi connectivity index (χ4n) is 0.207. The average molecular weight is 104 g/mol. The van der Waals surface area contributed by atoms with Crippen molar-refractivity contribution in [2.24, 2.45) is 0 Å². The molecule has 1 rings (SSSR count). The number of nitrogens with zero attached hydrogens (tertiary/aromatic N) is 1. The molecule has 1 aromatic rings. The Kier molecular flexibility index (Phi) is 0.780. The summed E-state index contributed by atoms with van der Waals surface area (Å²) in [7, 11) is 0. The van der Waals surface area contributed by atoms with E-state index in [0.717, 1.165) is 0 Å². The van der Waals surface area contributed by atoms with Gasteiger partial charge in [-0.15, -0.1) is 4.39 Å². The standard InChI is InChI=1S/C3F2NO/c4-2-1-7-3(5)6-2. The van der Waals surface area contributed by atoms with E-state index in [1.807, 2.05) is 0 Å². The van der Waals surface area contributed by atoms with E-state index >= 15 is 0 Å². The zero-order valence-electron chi connectivity index (χ0n) is 3.11. The van der Waals surface area contributed by atoms with E-state index in [4.69, 9.17) is 0 Å². The second kappa shape index (κ2) is 1.29. The maximum atomic E-state index is 11.4. The molecule has 2 nitrogen and oxygen atoms in total. The summed E-state index contributed by atoms with van der Waals surface area (Å²) < 4.78 is 26.5. The van der Waals surface area contributed by atoms with Crippen molar-refractivity contribution < 1.29 is 13.2 Å². The highest BCUT2D eigenvalue weighted by molar-refractivity contribution is 4.64. The first kappa shape index (κ1) is 4.23. The fraction of sp³-hybridized carbons (Fsp3) is 0. The molecule has 37 valence electrons. The Morgan fingerprint density at radius 3 is 2.43 bits per heavy atom. The minimum Gasteiger partial charge on any atom is -0.408 e. The lowest BCUT2D eigenvalue weighted by molar-refractivity contribution is 0.332. The molecule has 4 heteroatoms. The Balaban J connectivity index is 3.04. The lowest BCUT2D eigenvalue weighted by Gasteiger charge is -1.61. The van der Waals surface area contributed by atoms with Gasteiger partial charge in [-0.3, -0.25) is 0 Å². The Morgan fingerprint density at radius 2 is 2.29 bits per heavy atom. The van der Waals surface area contributed by atoms with E-state index in [0.29, 0.717) is 0 Å². The summed E-state index contributed by atoms with van der Waals surface area (Å²) in [6.45, 7) is 0. The molecule has 0 bridgehead atoms. The van der Waals surface area contributed by atoms with E-state index in [1.165, 1.54) is 0 Å². The minimum absolute atomic E-state index is 1.06. The van der Waals surface area contributed by atoms with Crippen LogP contribution in [-0.4, -0.2) is 4.98 Å². The van der Waals surface area contributed by atoms with Crippen molar-refractivity contribution in [3.63, 3.8) is 0 Å². The second-order valence-corrected chi connectivity index (χ2v) is 0.860. The summed E-state index contributed by atoms with van der Waals surface area (Å²) in [5.41, 5.74) is 0. The van der Waals surface area contributed by atoms with E-state index < -0.39 is 12.1 Å². The van der Waals surface area contributed by atoms with Crippen LogP contribution in [0.4, 0.5) is 8.78 Å². The highest BCUT2D eigenvalue weighted by atomic mass is 19.1. The van der Waals surface area contributed by atoms with Crippen molar-refractivity contribution in [2.75, 3.05) is 0 Å². The first-order chi connectivity index (χ1) is 3.29. The van der Waals surface area contributed by atoms with Gasteiger partial charge in [0.15, 0.2) is 0 Å². The molecule has 1 heterocycles. The number of hydrogen-bond acceptors (Lipinski definition) is 2. The van der Waals surface area contributed by atoms with Gasteiger partial charge in [0.1, 0.15) is 0 Å². The Bertz CT molecular complexity index is 145. The molecule has 0 spiro atoms. The summed E-state index contributed by atoms with van der Waals surface area (Å²) in [4.78, 5) is 2.56. The van der Waals surface area contributed by atoms with Crippen molar-refractivity contribution in [1.29, 1.82) is 0 Å². The highest BCUT2D eigenvalue weighted by Crippen LogP contribution is 1.93. The molecule has 1 radical (unpaired) electrons. The van der Waals surface area contributed by atoms with Crippen LogP contribution in [-0.2, 0) is 0 Å². The molecule has 0 aliphatic heterocycles. The first-order valence-electron chi connectivity index (χ1n) is 1.48. The molecule has 1 aromatic heterocycles. The normalized spacial score (nSPS) is 9.43. The molecule has 7 heavy (non-hydrogen) atoms. The molecule has 0 aliphatic carbocycles. The topological polar surface area (TPSA) is 26.0 Å². The smallest absolute Gasteiger partial charge is 0.384 e. The molecular formula is C3F2NO. The predicted molar refractivity (Wildman–Crippen MR) is 15.3 cm³/mol. The van der Waals surface area contributed by atoms with E-state index in [1.54, 1.807) is 6.26 Å². The average Bonchev–Trinajstić information content (AvgIpc) is 1.87. The van der Waals surface area contributed by atoms with Crippen LogP contribution < -0.4 is 0 Å². The summed E-state index contributed by atoms with van der Waals surface area (Å²) >= 11 is 0. The van der Waals surface area contributed by atoms with E-state index in [-0.39, 0.29) is 0 Å². The van der Waals surface area contributed by atoms with Gasteiger partial charge in [-0.25, -0.2) is 0 Å². The molecule has 0 amide bonds. The van der Waals surface area contributed by atoms with Crippen LogP contribution in [0.1, 0.15) is 0 Å². The lowest BCUT2D eigenvalue weighted by atomic mass is 10.9. The maximum Gasteiger partial charge on any atom is 0.384 e. The van der Waals surface area contributed by atoms with Crippen LogP contribution in [0, 0.1) is 18.4 Å². The molecule has 0 fully saturated rings. The van der Waals surface area contributed by atoms with Gasteiger partial charge in [0.05, 0.1) is 0 Å². The number of hydrogen-bond donors (Lipinski definition) is 0. The van der Waals surface area contributed by atoms with E-state index in [2.05, 4.69) is 9.40 Å². The monoisotopic (exact) mass is 104 g/mol. The van der Waals surface area contributed by atoms with Gasteiger partial charge in [-0.1, -0.05) is 0 Å². The number of oxazole rings is 1. The minimum atomic E-state index is -1.20. The Morgan fingerprint density at radius 1 is 1.57 bits per heavy atom. The van der Waals surface area contributed by atoms with E-state index in [9.17, 15) is 8.78 Å². The summed E-state index contributed by atoms with van der Waals surface area (Å²) in [5.74, 6) is -1.06. The van der Waals surface area contributed by atoms with Crippen molar-refractivity contribution >= 4 is 0 Å². The van der Waals surface area contributed by atoms with Gasteiger partial charge >= 0.3 is 6.14 Å². The molecule has 0 N–H and O–H groups in total. The zero-order valence-corrected chi connectivity index (χ0v) is 3.11. The van der Waals surface area contributed by atoms with Crippen molar-refractivity contribution in [1.82, 2.24) is 4.98 Å². The molecule has 0 atom stereocenters. The lowest BCUT2D eigenvalue weighted by Crippen LogP contribution is -1.70. The van der Waals surface area contributed by atoms with Crippen molar-refractivity contribution in [3.8, 4) is 0 Å². The predicted octanol–water partition coefficient (Wildman–Crippen LogP) is 0.753. The summed E-state index contributed by atoms with van der Waals surface area (Å²) in [5, 5.41) is 0. The molecule has 0 aromatic carbocycles. The van der Waals surface area contributed by atoms with Crippen LogP contribution in [0.25, 0.3) is 0 Å². The highest BCUT2D eigenvalue weighted by Gasteiger charge is 1.98. The number of halogens is 2.